The number of fused-ring (bicyclic) bond motifs is 3. The van der Waals surface area contributed by atoms with E-state index < -0.39 is 5.97 Å². The first-order chi connectivity index (χ1) is 12.1. The maximum atomic E-state index is 13.2. The molecule has 0 bridgehead atoms. The van der Waals surface area contributed by atoms with Crippen molar-refractivity contribution in [2.24, 2.45) is 0 Å². The SMILES string of the molecule is O=C(O)CCn1c(CN2CCCC2)nc2sc3c(c2c1=O)CCCC3. The molecule has 4 rings (SSSR count). The molecule has 0 radical (unpaired) electrons. The lowest BCUT2D eigenvalue weighted by atomic mass is 9.97. The molecule has 0 saturated carbocycles. The van der Waals surface area contributed by atoms with Crippen LogP contribution in [0.15, 0.2) is 4.79 Å². The molecule has 1 fully saturated rings. The van der Waals surface area contributed by atoms with Crippen molar-refractivity contribution in [1.29, 1.82) is 0 Å². The lowest BCUT2D eigenvalue weighted by molar-refractivity contribution is -0.137. The van der Waals surface area contributed by atoms with E-state index in [-0.39, 0.29) is 18.5 Å². The summed E-state index contributed by atoms with van der Waals surface area (Å²) in [4.78, 5) is 33.5. The Morgan fingerprint density at radius 1 is 1.16 bits per heavy atom. The monoisotopic (exact) mass is 361 g/mol. The zero-order chi connectivity index (χ0) is 17.4. The molecule has 1 aliphatic carbocycles. The smallest absolute Gasteiger partial charge is 0.305 e. The van der Waals surface area contributed by atoms with Crippen molar-refractivity contribution in [3.8, 4) is 0 Å². The highest BCUT2D eigenvalue weighted by Crippen LogP contribution is 2.34. The van der Waals surface area contributed by atoms with E-state index in [0.717, 1.165) is 48.4 Å². The van der Waals surface area contributed by atoms with Gasteiger partial charge >= 0.3 is 5.97 Å². The van der Waals surface area contributed by atoms with E-state index >= 15 is 0 Å². The van der Waals surface area contributed by atoms with Crippen LogP contribution >= 0.6 is 11.3 Å². The van der Waals surface area contributed by atoms with Gasteiger partial charge in [-0.1, -0.05) is 0 Å². The second kappa shape index (κ2) is 6.88. The Hall–Kier alpha value is -1.73. The van der Waals surface area contributed by atoms with Crippen LogP contribution in [0.2, 0.25) is 0 Å². The number of carbonyl (C=O) groups is 1. The van der Waals surface area contributed by atoms with Crippen LogP contribution in [0.25, 0.3) is 10.2 Å². The summed E-state index contributed by atoms with van der Waals surface area (Å²) in [6.07, 6.45) is 6.57. The number of hydrogen-bond donors (Lipinski definition) is 1. The van der Waals surface area contributed by atoms with Gasteiger partial charge in [-0.15, -0.1) is 11.3 Å². The molecule has 7 heteroatoms. The molecule has 6 nitrogen and oxygen atoms in total. The number of aliphatic carboxylic acids is 1. The summed E-state index contributed by atoms with van der Waals surface area (Å²) in [5.41, 5.74) is 1.13. The van der Waals surface area contributed by atoms with Gasteiger partial charge in [0.15, 0.2) is 0 Å². The largest absolute Gasteiger partial charge is 0.481 e. The van der Waals surface area contributed by atoms with E-state index in [1.54, 1.807) is 15.9 Å². The molecule has 0 amide bonds. The van der Waals surface area contributed by atoms with Gasteiger partial charge in [0.2, 0.25) is 0 Å². The van der Waals surface area contributed by atoms with E-state index in [4.69, 9.17) is 10.1 Å². The second-order valence-electron chi connectivity index (χ2n) is 7.00. The maximum absolute atomic E-state index is 13.2. The molecule has 1 aliphatic heterocycles. The van der Waals surface area contributed by atoms with Crippen molar-refractivity contribution in [3.05, 3.63) is 26.6 Å². The predicted octanol–water partition coefficient (Wildman–Crippen LogP) is 2.41. The van der Waals surface area contributed by atoms with Crippen molar-refractivity contribution >= 4 is 27.5 Å². The van der Waals surface area contributed by atoms with Crippen LogP contribution < -0.4 is 5.56 Å². The fourth-order valence-corrected chi connectivity index (χ4v) is 5.25. The molecule has 25 heavy (non-hydrogen) atoms. The molecule has 0 atom stereocenters. The fourth-order valence-electron chi connectivity index (χ4n) is 3.98. The van der Waals surface area contributed by atoms with Crippen molar-refractivity contribution in [2.45, 2.75) is 58.0 Å². The average Bonchev–Trinajstić information content (AvgIpc) is 3.21. The number of nitrogens with zero attached hydrogens (tertiary/aromatic N) is 3. The Balaban J connectivity index is 1.81. The van der Waals surface area contributed by atoms with Crippen LogP contribution in [0, 0.1) is 0 Å². The van der Waals surface area contributed by atoms with Crippen LogP contribution in [0.4, 0.5) is 0 Å². The van der Waals surface area contributed by atoms with E-state index in [9.17, 15) is 9.59 Å². The predicted molar refractivity (Wildman–Crippen MR) is 97.3 cm³/mol. The van der Waals surface area contributed by atoms with E-state index in [2.05, 4.69) is 4.90 Å². The minimum atomic E-state index is -0.883. The maximum Gasteiger partial charge on any atom is 0.305 e. The molecule has 0 aromatic carbocycles. The highest BCUT2D eigenvalue weighted by Gasteiger charge is 2.23. The lowest BCUT2D eigenvalue weighted by Gasteiger charge is -2.18. The molecule has 1 N–H and O–H groups in total. The topological polar surface area (TPSA) is 75.4 Å². The summed E-state index contributed by atoms with van der Waals surface area (Å²) >= 11 is 1.66. The summed E-state index contributed by atoms with van der Waals surface area (Å²) in [5.74, 6) is -0.161. The summed E-state index contributed by atoms with van der Waals surface area (Å²) in [7, 11) is 0. The standard InChI is InChI=1S/C18H23N3O3S/c22-15(23)7-10-21-14(11-20-8-3-4-9-20)19-17-16(18(21)24)12-5-1-2-6-13(12)25-17/h1-11H2,(H,22,23). The molecule has 2 aromatic rings. The third kappa shape index (κ3) is 3.22. The van der Waals surface area contributed by atoms with E-state index in [0.29, 0.717) is 6.54 Å². The number of thiophene rings is 1. The van der Waals surface area contributed by atoms with E-state index in [1.807, 2.05) is 0 Å². The Morgan fingerprint density at radius 2 is 1.92 bits per heavy atom. The zero-order valence-corrected chi connectivity index (χ0v) is 15.1. The minimum Gasteiger partial charge on any atom is -0.481 e. The fraction of sp³-hybridized carbons (Fsp3) is 0.611. The number of likely N-dealkylation sites (tertiary alicyclic amines) is 1. The van der Waals surface area contributed by atoms with Gasteiger partial charge < -0.3 is 5.11 Å². The third-order valence-electron chi connectivity index (χ3n) is 5.27. The Bertz CT molecular complexity index is 865. The summed E-state index contributed by atoms with van der Waals surface area (Å²) in [5, 5.41) is 9.81. The number of rotatable bonds is 5. The Kier molecular flexibility index (Phi) is 4.60. The van der Waals surface area contributed by atoms with Crippen LogP contribution in [0.5, 0.6) is 0 Å². The van der Waals surface area contributed by atoms with Gasteiger partial charge in [-0.2, -0.15) is 0 Å². The van der Waals surface area contributed by atoms with Crippen LogP contribution in [-0.4, -0.2) is 38.6 Å². The number of hydrogen-bond acceptors (Lipinski definition) is 5. The first-order valence-corrected chi connectivity index (χ1v) is 9.93. The first-order valence-electron chi connectivity index (χ1n) is 9.11. The number of carboxylic acid groups (broad SMARTS) is 1. The number of carboxylic acids is 1. The Morgan fingerprint density at radius 3 is 2.68 bits per heavy atom. The molecule has 1 saturated heterocycles. The summed E-state index contributed by atoms with van der Waals surface area (Å²) in [6, 6.07) is 0. The third-order valence-corrected chi connectivity index (χ3v) is 6.45. The van der Waals surface area contributed by atoms with Gasteiger partial charge in [-0.3, -0.25) is 19.1 Å². The molecule has 0 spiro atoms. The van der Waals surface area contributed by atoms with Crippen LogP contribution in [-0.2, 0) is 30.7 Å². The van der Waals surface area contributed by atoms with Crippen molar-refractivity contribution in [3.63, 3.8) is 0 Å². The van der Waals surface area contributed by atoms with Crippen molar-refractivity contribution in [2.75, 3.05) is 13.1 Å². The van der Waals surface area contributed by atoms with Gasteiger partial charge in [0.1, 0.15) is 10.7 Å². The molecule has 134 valence electrons. The average molecular weight is 361 g/mol. The van der Waals surface area contributed by atoms with Crippen LogP contribution in [0.3, 0.4) is 0 Å². The van der Waals surface area contributed by atoms with Crippen LogP contribution in [0.1, 0.15) is 48.4 Å². The van der Waals surface area contributed by atoms with Gasteiger partial charge in [-0.05, 0) is 57.2 Å². The van der Waals surface area contributed by atoms with Gasteiger partial charge in [0.05, 0.1) is 18.4 Å². The molecular formula is C18H23N3O3S. The lowest BCUT2D eigenvalue weighted by Crippen LogP contribution is -2.30. The second-order valence-corrected chi connectivity index (χ2v) is 8.09. The minimum absolute atomic E-state index is 0.0418. The Labute approximate surface area is 150 Å². The normalized spacial score (nSPS) is 17.9. The zero-order valence-electron chi connectivity index (χ0n) is 14.3. The molecule has 3 heterocycles. The highest BCUT2D eigenvalue weighted by molar-refractivity contribution is 7.18. The summed E-state index contributed by atoms with van der Waals surface area (Å²) in [6.45, 7) is 2.87. The number of aromatic nitrogens is 2. The molecule has 2 aromatic heterocycles. The van der Waals surface area contributed by atoms with Crippen molar-refractivity contribution in [1.82, 2.24) is 14.5 Å². The quantitative estimate of drug-likeness (QED) is 0.885. The van der Waals surface area contributed by atoms with Gasteiger partial charge in [0, 0.05) is 11.4 Å². The van der Waals surface area contributed by atoms with Gasteiger partial charge in [0.25, 0.3) is 5.56 Å². The first kappa shape index (κ1) is 16.7. The summed E-state index contributed by atoms with van der Waals surface area (Å²) < 4.78 is 1.62. The van der Waals surface area contributed by atoms with E-state index in [1.165, 1.54) is 29.7 Å². The highest BCUT2D eigenvalue weighted by atomic mass is 32.1. The van der Waals surface area contributed by atoms with Crippen molar-refractivity contribution < 1.29 is 9.90 Å². The molecule has 2 aliphatic rings. The molecule has 0 unspecified atom stereocenters. The van der Waals surface area contributed by atoms with Gasteiger partial charge in [-0.25, -0.2) is 4.98 Å². The molecular weight excluding hydrogens is 338 g/mol. The number of aryl methyl sites for hydroxylation is 2.